The van der Waals surface area contributed by atoms with Gasteiger partial charge in [-0.25, -0.2) is 4.98 Å². The van der Waals surface area contributed by atoms with E-state index in [-0.39, 0.29) is 60.6 Å². The van der Waals surface area contributed by atoms with Crippen molar-refractivity contribution in [1.29, 1.82) is 0 Å². The van der Waals surface area contributed by atoms with Crippen LogP contribution in [0.1, 0.15) is 60.0 Å². The van der Waals surface area contributed by atoms with Crippen molar-refractivity contribution in [2.75, 3.05) is 32.7 Å². The fourth-order valence-electron chi connectivity index (χ4n) is 6.79. The van der Waals surface area contributed by atoms with E-state index in [0.29, 0.717) is 44.0 Å². The highest BCUT2D eigenvalue weighted by molar-refractivity contribution is 7.85. The van der Waals surface area contributed by atoms with Crippen molar-refractivity contribution in [2.24, 2.45) is 15.2 Å². The summed E-state index contributed by atoms with van der Waals surface area (Å²) in [4.78, 5) is 101. The van der Waals surface area contributed by atoms with Crippen LogP contribution in [0.15, 0.2) is 93.0 Å². The molecule has 3 heterocycles. The van der Waals surface area contributed by atoms with Gasteiger partial charge in [0.2, 0.25) is 29.5 Å². The maximum atomic E-state index is 14.0. The van der Waals surface area contributed by atoms with Crippen molar-refractivity contribution in [1.82, 2.24) is 47.5 Å². The number of carbonyl (C=O) groups excluding carboxylic acids is 6. The van der Waals surface area contributed by atoms with E-state index >= 15 is 0 Å². The van der Waals surface area contributed by atoms with Crippen molar-refractivity contribution in [3.05, 3.63) is 89.6 Å². The highest BCUT2D eigenvalue weighted by Gasteiger charge is 2.33. The molecule has 0 unspecified atom stereocenters. The molecule has 24 heteroatoms. The summed E-state index contributed by atoms with van der Waals surface area (Å²) in [6, 6.07) is 11.9. The van der Waals surface area contributed by atoms with E-state index in [1.54, 1.807) is 36.4 Å². The molecule has 0 radical (unpaired) electrons. The third kappa shape index (κ3) is 16.0. The van der Waals surface area contributed by atoms with Crippen LogP contribution in [0.5, 0.6) is 0 Å². The lowest BCUT2D eigenvalue weighted by atomic mass is 10.0. The number of carboxylic acid groups (broad SMARTS) is 1. The standard InChI is InChI=1S/C42H52N12O11S/c55-35-25-48-38(59)29(13-8-18-44-42-45-19-20-46-42)51-39(60)30(52-40(61)31(21-26-9-2-1-3-10-26)53-41(62)32(50-35)22-36(56)57)12-6-7-17-43-37(58)28-15-16-34(47-23-28)54-49-24-27-11-4-5-14-33(27)66(63,64)65/h1-5,9-11,14-16,23,29-32H,6-8,12-13,17-22,24-25H2,(H,43,58)(H,48,59)(H,50,55)(H,51,60)(H,52,61)(H,53,62)(H,56,57)(H2,44,45,46)(H,63,64,65)/t29-,30-,31+,32-/m0/s1. The number of carbonyl (C=O) groups is 7. The Hall–Kier alpha value is -7.34. The molecular formula is C42H52N12O11S. The quantitative estimate of drug-likeness (QED) is 0.0442. The Balaban J connectivity index is 1.26. The lowest BCUT2D eigenvalue weighted by molar-refractivity contribution is -0.141. The van der Waals surface area contributed by atoms with Crippen LogP contribution >= 0.6 is 0 Å². The van der Waals surface area contributed by atoms with Gasteiger partial charge >= 0.3 is 5.97 Å². The summed E-state index contributed by atoms with van der Waals surface area (Å²) in [7, 11) is -4.46. The second kappa shape index (κ2) is 24.6. The number of carboxylic acids is 1. The summed E-state index contributed by atoms with van der Waals surface area (Å²) in [5.41, 5.74) is 1.05. The van der Waals surface area contributed by atoms with Gasteiger partial charge in [0.25, 0.3) is 16.0 Å². The van der Waals surface area contributed by atoms with E-state index in [9.17, 15) is 51.6 Å². The van der Waals surface area contributed by atoms with Gasteiger partial charge in [0, 0.05) is 32.3 Å². The van der Waals surface area contributed by atoms with E-state index < -0.39 is 88.7 Å². The van der Waals surface area contributed by atoms with Crippen LogP contribution < -0.4 is 42.5 Å². The van der Waals surface area contributed by atoms with Gasteiger partial charge in [-0.15, -0.1) is 5.11 Å². The van der Waals surface area contributed by atoms with Crippen LogP contribution in [0.25, 0.3) is 0 Å². The smallest absolute Gasteiger partial charge is 0.305 e. The molecule has 2 aliphatic rings. The highest BCUT2D eigenvalue weighted by atomic mass is 32.2. The second-order valence-electron chi connectivity index (χ2n) is 15.2. The molecule has 352 valence electrons. The van der Waals surface area contributed by atoms with Gasteiger partial charge in [0.1, 0.15) is 24.2 Å². The Morgan fingerprint density at radius 3 is 2.14 bits per heavy atom. The van der Waals surface area contributed by atoms with Crippen LogP contribution in [0.2, 0.25) is 0 Å². The van der Waals surface area contributed by atoms with Crippen molar-refractivity contribution < 1.29 is 51.6 Å². The molecule has 23 nitrogen and oxygen atoms in total. The molecule has 1 aromatic heterocycles. The zero-order chi connectivity index (χ0) is 47.5. The second-order valence-corrected chi connectivity index (χ2v) is 16.6. The number of nitrogens with one attached hydrogen (secondary N) is 8. The normalized spacial score (nSPS) is 19.7. The van der Waals surface area contributed by atoms with E-state index in [2.05, 4.69) is 62.7 Å². The summed E-state index contributed by atoms with van der Waals surface area (Å²) < 4.78 is 32.7. The molecular weight excluding hydrogens is 881 g/mol. The fourth-order valence-corrected chi connectivity index (χ4v) is 7.50. The summed E-state index contributed by atoms with van der Waals surface area (Å²) in [6.45, 7) is 1.01. The molecule has 1 fully saturated rings. The Morgan fingerprint density at radius 1 is 0.758 bits per heavy atom. The highest BCUT2D eigenvalue weighted by Crippen LogP contribution is 2.18. The average molecular weight is 933 g/mol. The predicted molar refractivity (Wildman–Crippen MR) is 236 cm³/mol. The maximum Gasteiger partial charge on any atom is 0.305 e. The first-order valence-electron chi connectivity index (χ1n) is 21.1. The van der Waals surface area contributed by atoms with Gasteiger partial charge in [-0.3, -0.25) is 43.1 Å². The first-order chi connectivity index (χ1) is 31.7. The molecule has 6 amide bonds. The minimum absolute atomic E-state index is 0.0263. The van der Waals surface area contributed by atoms with Gasteiger partial charge < -0.3 is 47.6 Å². The lowest BCUT2D eigenvalue weighted by Gasteiger charge is -2.26. The van der Waals surface area contributed by atoms with Crippen LogP contribution in [0.3, 0.4) is 0 Å². The number of rotatable bonds is 18. The SMILES string of the molecule is O=C(O)C[C@@H]1NC(=O)CNC(=O)[C@H](CCCNC2=NCCN2)NC(=O)[C@H](CCCCNC(=O)c2ccc(N=NCc3ccccc3S(=O)(=O)O)nc2)NC(=O)[C@@H](Cc2ccccc2)NC1=O. The molecule has 3 aromatic rings. The van der Waals surface area contributed by atoms with Crippen molar-refractivity contribution >= 4 is 63.3 Å². The van der Waals surface area contributed by atoms with Crippen molar-refractivity contribution in [3.63, 3.8) is 0 Å². The number of nitrogens with zero attached hydrogens (tertiary/aromatic N) is 4. The van der Waals surface area contributed by atoms with Gasteiger partial charge in [0.15, 0.2) is 11.8 Å². The minimum Gasteiger partial charge on any atom is -0.481 e. The van der Waals surface area contributed by atoms with Crippen molar-refractivity contribution in [3.8, 4) is 0 Å². The number of unbranched alkanes of at least 4 members (excludes halogenated alkanes) is 1. The molecule has 66 heavy (non-hydrogen) atoms. The number of azo groups is 1. The zero-order valence-corrected chi connectivity index (χ0v) is 36.5. The third-order valence-electron chi connectivity index (χ3n) is 10.2. The average Bonchev–Trinajstić information content (AvgIpc) is 3.82. The Morgan fingerprint density at radius 2 is 1.44 bits per heavy atom. The number of hydrogen-bond donors (Lipinski definition) is 10. The predicted octanol–water partition coefficient (Wildman–Crippen LogP) is -0.372. The number of aromatic nitrogens is 1. The molecule has 1 saturated heterocycles. The molecule has 4 atom stereocenters. The van der Waals surface area contributed by atoms with E-state index in [4.69, 9.17) is 0 Å². The molecule has 0 saturated carbocycles. The maximum absolute atomic E-state index is 14.0. The molecule has 2 aromatic carbocycles. The van der Waals surface area contributed by atoms with Gasteiger partial charge in [-0.05, 0) is 61.4 Å². The monoisotopic (exact) mass is 932 g/mol. The Labute approximate surface area is 379 Å². The number of guanidine groups is 1. The first-order valence-corrected chi connectivity index (χ1v) is 22.5. The van der Waals surface area contributed by atoms with Gasteiger partial charge in [0.05, 0.1) is 36.5 Å². The summed E-state index contributed by atoms with van der Waals surface area (Å²) in [5.74, 6) is -5.23. The fraction of sp³-hybridized carbons (Fsp3) is 0.405. The number of benzene rings is 2. The number of aliphatic carboxylic acids is 1. The topological polar surface area (TPSA) is 340 Å². The minimum atomic E-state index is -4.46. The van der Waals surface area contributed by atoms with E-state index in [1.165, 1.54) is 36.5 Å². The lowest BCUT2D eigenvalue weighted by Crippen LogP contribution is -2.58. The van der Waals surface area contributed by atoms with E-state index in [0.717, 1.165) is 0 Å². The largest absolute Gasteiger partial charge is 0.481 e. The number of amides is 6. The first kappa shape index (κ1) is 49.7. The summed E-state index contributed by atoms with van der Waals surface area (Å²) in [5, 5.41) is 39.1. The number of hydrogen-bond acceptors (Lipinski definition) is 15. The Kier molecular flexibility index (Phi) is 18.6. The summed E-state index contributed by atoms with van der Waals surface area (Å²) in [6.07, 6.45) is 1.50. The number of pyridine rings is 1. The molecule has 10 N–H and O–H groups in total. The Bertz CT molecular complexity index is 2380. The van der Waals surface area contributed by atoms with Crippen molar-refractivity contribution in [2.45, 2.75) is 80.6 Å². The molecule has 5 rings (SSSR count). The van der Waals surface area contributed by atoms with E-state index in [1.807, 2.05) is 0 Å². The van der Waals surface area contributed by atoms with Gasteiger partial charge in [-0.2, -0.15) is 13.5 Å². The molecule has 2 aliphatic heterocycles. The number of aliphatic imine (C=N–C) groups is 1. The molecule has 0 bridgehead atoms. The van der Waals surface area contributed by atoms with Gasteiger partial charge in [-0.1, -0.05) is 48.5 Å². The van der Waals surface area contributed by atoms with Crippen LogP contribution in [-0.4, -0.2) is 127 Å². The van der Waals surface area contributed by atoms with Crippen LogP contribution in [0, 0.1) is 0 Å². The molecule has 0 aliphatic carbocycles. The zero-order valence-electron chi connectivity index (χ0n) is 35.7. The van der Waals surface area contributed by atoms with Crippen LogP contribution in [-0.2, 0) is 51.9 Å². The molecule has 0 spiro atoms. The third-order valence-corrected chi connectivity index (χ3v) is 11.1. The summed E-state index contributed by atoms with van der Waals surface area (Å²) >= 11 is 0. The van der Waals surface area contributed by atoms with Crippen LogP contribution in [0.4, 0.5) is 5.82 Å².